The van der Waals surface area contributed by atoms with Gasteiger partial charge in [0.05, 0.1) is 4.90 Å². The maximum absolute atomic E-state index is 13.5. The van der Waals surface area contributed by atoms with Crippen molar-refractivity contribution in [3.05, 3.63) is 29.6 Å². The zero-order valence-electron chi connectivity index (χ0n) is 11.6. The largest absolute Gasteiger partial charge is 0.381 e. The SMILES string of the molecule is CC1(NC(=O)c2cc(F)cc(S(N)(=O)=O)c2)CCOCC1. The van der Waals surface area contributed by atoms with Crippen molar-refractivity contribution in [3.8, 4) is 0 Å². The molecule has 0 radical (unpaired) electrons. The lowest BCUT2D eigenvalue weighted by molar-refractivity contribution is 0.0422. The van der Waals surface area contributed by atoms with Crippen LogP contribution in [0.15, 0.2) is 23.1 Å². The second kappa shape index (κ2) is 5.70. The minimum atomic E-state index is -4.07. The minimum absolute atomic E-state index is 0.0771. The highest BCUT2D eigenvalue weighted by molar-refractivity contribution is 7.89. The first-order valence-electron chi connectivity index (χ1n) is 6.43. The number of amides is 1. The summed E-state index contributed by atoms with van der Waals surface area (Å²) < 4.78 is 41.3. The Morgan fingerprint density at radius 2 is 1.95 bits per heavy atom. The van der Waals surface area contributed by atoms with Crippen LogP contribution in [0.3, 0.4) is 0 Å². The van der Waals surface area contributed by atoms with E-state index in [0.717, 1.165) is 18.2 Å². The summed E-state index contributed by atoms with van der Waals surface area (Å²) in [6.45, 7) is 2.93. The van der Waals surface area contributed by atoms with Crippen molar-refractivity contribution in [1.29, 1.82) is 0 Å². The average molecular weight is 316 g/mol. The van der Waals surface area contributed by atoms with Gasteiger partial charge in [0.15, 0.2) is 0 Å². The standard InChI is InChI=1S/C13H17FN2O4S/c1-13(2-4-20-5-3-13)16-12(17)9-6-10(14)8-11(7-9)21(15,18)19/h6-8H,2-5H2,1H3,(H,16,17)(H2,15,18,19). The molecule has 1 aromatic carbocycles. The van der Waals surface area contributed by atoms with Gasteiger partial charge in [-0.2, -0.15) is 0 Å². The predicted octanol–water partition coefficient (Wildman–Crippen LogP) is 0.772. The molecular formula is C13H17FN2O4S. The summed E-state index contributed by atoms with van der Waals surface area (Å²) in [6.07, 6.45) is 1.27. The number of hydrogen-bond acceptors (Lipinski definition) is 4. The second-order valence-corrected chi connectivity index (χ2v) is 6.91. The quantitative estimate of drug-likeness (QED) is 0.860. The molecule has 0 bridgehead atoms. The van der Waals surface area contributed by atoms with Gasteiger partial charge in [-0.05, 0) is 38.0 Å². The van der Waals surface area contributed by atoms with Crippen LogP contribution in [-0.4, -0.2) is 33.1 Å². The number of primary sulfonamides is 1. The Bertz CT molecular complexity index is 654. The number of ether oxygens (including phenoxy) is 1. The molecule has 1 fully saturated rings. The molecule has 1 amide bonds. The fourth-order valence-electron chi connectivity index (χ4n) is 2.15. The van der Waals surface area contributed by atoms with Gasteiger partial charge < -0.3 is 10.1 Å². The van der Waals surface area contributed by atoms with E-state index in [1.165, 1.54) is 0 Å². The molecule has 0 aromatic heterocycles. The molecular weight excluding hydrogens is 299 g/mol. The molecule has 8 heteroatoms. The van der Waals surface area contributed by atoms with Crippen LogP contribution in [-0.2, 0) is 14.8 Å². The van der Waals surface area contributed by atoms with Crippen LogP contribution >= 0.6 is 0 Å². The molecule has 21 heavy (non-hydrogen) atoms. The molecule has 3 N–H and O–H groups in total. The molecule has 1 aliphatic rings. The van der Waals surface area contributed by atoms with Crippen molar-refractivity contribution < 1.29 is 22.3 Å². The lowest BCUT2D eigenvalue weighted by Gasteiger charge is -2.34. The summed E-state index contributed by atoms with van der Waals surface area (Å²) >= 11 is 0. The Morgan fingerprint density at radius 1 is 1.33 bits per heavy atom. The number of rotatable bonds is 3. The minimum Gasteiger partial charge on any atom is -0.381 e. The third-order valence-electron chi connectivity index (χ3n) is 3.47. The summed E-state index contributed by atoms with van der Waals surface area (Å²) in [5, 5.41) is 7.76. The number of carbonyl (C=O) groups excluding carboxylic acids is 1. The van der Waals surface area contributed by atoms with E-state index in [1.807, 2.05) is 6.92 Å². The Kier molecular flexibility index (Phi) is 4.31. The van der Waals surface area contributed by atoms with Crippen LogP contribution in [0.4, 0.5) is 4.39 Å². The zero-order valence-corrected chi connectivity index (χ0v) is 12.4. The van der Waals surface area contributed by atoms with Gasteiger partial charge in [0.1, 0.15) is 5.82 Å². The third-order valence-corrected chi connectivity index (χ3v) is 4.37. The zero-order chi connectivity index (χ0) is 15.7. The maximum Gasteiger partial charge on any atom is 0.251 e. The molecule has 2 rings (SSSR count). The van der Waals surface area contributed by atoms with E-state index < -0.39 is 32.2 Å². The van der Waals surface area contributed by atoms with E-state index in [9.17, 15) is 17.6 Å². The van der Waals surface area contributed by atoms with Crippen molar-refractivity contribution in [1.82, 2.24) is 5.32 Å². The first-order valence-corrected chi connectivity index (χ1v) is 7.98. The number of benzene rings is 1. The van der Waals surface area contributed by atoms with Gasteiger partial charge in [0, 0.05) is 24.3 Å². The van der Waals surface area contributed by atoms with Gasteiger partial charge in [0.2, 0.25) is 10.0 Å². The van der Waals surface area contributed by atoms with Crippen molar-refractivity contribution in [3.63, 3.8) is 0 Å². The molecule has 0 saturated carbocycles. The van der Waals surface area contributed by atoms with Crippen molar-refractivity contribution in [2.24, 2.45) is 5.14 Å². The summed E-state index contributed by atoms with van der Waals surface area (Å²) in [6, 6.07) is 2.82. The number of nitrogens with one attached hydrogen (secondary N) is 1. The van der Waals surface area contributed by atoms with E-state index in [4.69, 9.17) is 9.88 Å². The topological polar surface area (TPSA) is 98.5 Å². The first kappa shape index (κ1) is 15.9. The molecule has 0 unspecified atom stereocenters. The van der Waals surface area contributed by atoms with Gasteiger partial charge in [-0.3, -0.25) is 4.79 Å². The smallest absolute Gasteiger partial charge is 0.251 e. The highest BCUT2D eigenvalue weighted by Gasteiger charge is 2.29. The van der Waals surface area contributed by atoms with Gasteiger partial charge in [-0.15, -0.1) is 0 Å². The Balaban J connectivity index is 2.25. The molecule has 6 nitrogen and oxygen atoms in total. The van der Waals surface area contributed by atoms with Crippen LogP contribution in [0.5, 0.6) is 0 Å². The molecule has 1 heterocycles. The second-order valence-electron chi connectivity index (χ2n) is 5.35. The number of sulfonamides is 1. The third kappa shape index (κ3) is 3.99. The summed E-state index contributed by atoms with van der Waals surface area (Å²) in [5.41, 5.74) is -0.532. The molecule has 1 saturated heterocycles. The fraction of sp³-hybridized carbons (Fsp3) is 0.462. The first-order chi connectivity index (χ1) is 9.70. The van der Waals surface area contributed by atoms with E-state index in [0.29, 0.717) is 26.1 Å². The van der Waals surface area contributed by atoms with Crippen molar-refractivity contribution in [2.45, 2.75) is 30.2 Å². The normalized spacial score (nSPS) is 18.2. The average Bonchev–Trinajstić information content (AvgIpc) is 2.37. The molecule has 1 aliphatic heterocycles. The summed E-state index contributed by atoms with van der Waals surface area (Å²) in [4.78, 5) is 11.8. The van der Waals surface area contributed by atoms with Crippen LogP contribution in [0.1, 0.15) is 30.1 Å². The van der Waals surface area contributed by atoms with Gasteiger partial charge in [-0.25, -0.2) is 17.9 Å². The molecule has 116 valence electrons. The Hall–Kier alpha value is -1.51. The molecule has 0 spiro atoms. The Morgan fingerprint density at radius 3 is 2.52 bits per heavy atom. The lowest BCUT2D eigenvalue weighted by Crippen LogP contribution is -2.49. The van der Waals surface area contributed by atoms with Crippen LogP contribution < -0.4 is 10.5 Å². The number of halogens is 1. The molecule has 0 aliphatic carbocycles. The number of nitrogens with two attached hydrogens (primary N) is 1. The Labute approximate surface area is 122 Å². The molecule has 1 aromatic rings. The van der Waals surface area contributed by atoms with Gasteiger partial charge in [0.25, 0.3) is 5.91 Å². The summed E-state index contributed by atoms with van der Waals surface area (Å²) in [5.74, 6) is -1.37. The van der Waals surface area contributed by atoms with E-state index in [1.54, 1.807) is 0 Å². The van der Waals surface area contributed by atoms with Crippen LogP contribution in [0, 0.1) is 5.82 Å². The van der Waals surface area contributed by atoms with E-state index >= 15 is 0 Å². The van der Waals surface area contributed by atoms with Gasteiger partial charge >= 0.3 is 0 Å². The lowest BCUT2D eigenvalue weighted by atomic mass is 9.92. The van der Waals surface area contributed by atoms with Gasteiger partial charge in [-0.1, -0.05) is 0 Å². The number of hydrogen-bond donors (Lipinski definition) is 2. The number of carbonyl (C=O) groups is 1. The van der Waals surface area contributed by atoms with Crippen molar-refractivity contribution in [2.75, 3.05) is 13.2 Å². The summed E-state index contributed by atoms with van der Waals surface area (Å²) in [7, 11) is -4.07. The monoisotopic (exact) mass is 316 g/mol. The highest BCUT2D eigenvalue weighted by Crippen LogP contribution is 2.21. The fourth-order valence-corrected chi connectivity index (χ4v) is 2.72. The van der Waals surface area contributed by atoms with Crippen LogP contribution in [0.2, 0.25) is 0 Å². The highest BCUT2D eigenvalue weighted by atomic mass is 32.2. The molecule has 0 atom stereocenters. The van der Waals surface area contributed by atoms with Crippen LogP contribution in [0.25, 0.3) is 0 Å². The maximum atomic E-state index is 13.5. The predicted molar refractivity (Wildman–Crippen MR) is 73.7 cm³/mol. The van der Waals surface area contributed by atoms with Crippen molar-refractivity contribution >= 4 is 15.9 Å². The van der Waals surface area contributed by atoms with E-state index in [-0.39, 0.29) is 5.56 Å². The van der Waals surface area contributed by atoms with E-state index in [2.05, 4.69) is 5.32 Å².